The van der Waals surface area contributed by atoms with Crippen molar-refractivity contribution in [1.82, 2.24) is 10.6 Å². The molecule has 1 aliphatic heterocycles. The van der Waals surface area contributed by atoms with Crippen molar-refractivity contribution in [3.8, 4) is 0 Å². The van der Waals surface area contributed by atoms with E-state index in [1.165, 1.54) is 0 Å². The quantitative estimate of drug-likeness (QED) is 0.440. The van der Waals surface area contributed by atoms with E-state index in [4.69, 9.17) is 5.11 Å². The molecule has 2 aliphatic rings. The number of carbonyl (C=O) groups is 1. The zero-order chi connectivity index (χ0) is 7.90. The predicted molar refractivity (Wildman–Crippen MR) is 39.1 cm³/mol. The van der Waals surface area contributed by atoms with E-state index < -0.39 is 0 Å². The molecule has 4 nitrogen and oxygen atoms in total. The number of hydrogen-bond acceptors (Lipinski definition) is 2. The molecule has 1 saturated heterocycles. The minimum Gasteiger partial charge on any atom is -0.393 e. The Kier molecular flexibility index (Phi) is 1.32. The Labute approximate surface area is 65.0 Å². The van der Waals surface area contributed by atoms with Crippen LogP contribution >= 0.6 is 0 Å². The van der Waals surface area contributed by atoms with Crippen molar-refractivity contribution < 1.29 is 9.90 Å². The average Bonchev–Trinajstić information content (AvgIpc) is 1.92. The highest BCUT2D eigenvalue weighted by Crippen LogP contribution is 2.40. The van der Waals surface area contributed by atoms with Gasteiger partial charge >= 0.3 is 6.03 Å². The summed E-state index contributed by atoms with van der Waals surface area (Å²) in [6.07, 6.45) is 1.49. The SMILES string of the molecule is O=C1NCC2(CN1)CC(O)C2. The topological polar surface area (TPSA) is 61.4 Å². The Balaban J connectivity index is 1.93. The number of urea groups is 1. The summed E-state index contributed by atoms with van der Waals surface area (Å²) in [7, 11) is 0. The molecule has 0 aromatic carbocycles. The Morgan fingerprint density at radius 3 is 2.36 bits per heavy atom. The zero-order valence-electron chi connectivity index (χ0n) is 6.26. The van der Waals surface area contributed by atoms with Gasteiger partial charge in [0.15, 0.2) is 0 Å². The van der Waals surface area contributed by atoms with E-state index in [1.54, 1.807) is 0 Å². The molecule has 0 bridgehead atoms. The van der Waals surface area contributed by atoms with Gasteiger partial charge in [0, 0.05) is 18.5 Å². The van der Waals surface area contributed by atoms with Crippen LogP contribution in [0.15, 0.2) is 0 Å². The molecule has 1 spiro atoms. The van der Waals surface area contributed by atoms with Gasteiger partial charge in [-0.1, -0.05) is 0 Å². The Morgan fingerprint density at radius 1 is 1.36 bits per heavy atom. The van der Waals surface area contributed by atoms with Crippen molar-refractivity contribution in [3.05, 3.63) is 0 Å². The number of nitrogens with one attached hydrogen (secondary N) is 2. The van der Waals surface area contributed by atoms with E-state index in [0.717, 1.165) is 25.9 Å². The van der Waals surface area contributed by atoms with Crippen molar-refractivity contribution in [1.29, 1.82) is 0 Å². The third-order valence-electron chi connectivity index (χ3n) is 2.59. The van der Waals surface area contributed by atoms with E-state index in [0.29, 0.717) is 0 Å². The molecule has 4 heteroatoms. The lowest BCUT2D eigenvalue weighted by atomic mass is 9.66. The Bertz CT molecular complexity index is 175. The molecule has 3 N–H and O–H groups in total. The summed E-state index contributed by atoms with van der Waals surface area (Å²) < 4.78 is 0. The minimum atomic E-state index is -0.146. The van der Waals surface area contributed by atoms with Crippen LogP contribution in [0.25, 0.3) is 0 Å². The summed E-state index contributed by atoms with van der Waals surface area (Å²) in [6.45, 7) is 1.44. The minimum absolute atomic E-state index is 0.0861. The van der Waals surface area contributed by atoms with Gasteiger partial charge in [0.25, 0.3) is 0 Å². The van der Waals surface area contributed by atoms with Crippen LogP contribution in [-0.2, 0) is 0 Å². The molecule has 1 heterocycles. The molecule has 1 aliphatic carbocycles. The normalized spacial score (nSPS) is 29.0. The fraction of sp³-hybridized carbons (Fsp3) is 0.857. The van der Waals surface area contributed by atoms with Crippen LogP contribution in [0.4, 0.5) is 4.79 Å². The van der Waals surface area contributed by atoms with Gasteiger partial charge in [0.1, 0.15) is 0 Å². The number of amides is 2. The second kappa shape index (κ2) is 2.11. The lowest BCUT2D eigenvalue weighted by Crippen LogP contribution is -2.60. The van der Waals surface area contributed by atoms with Crippen LogP contribution in [0.2, 0.25) is 0 Å². The summed E-state index contributed by atoms with van der Waals surface area (Å²) in [5.41, 5.74) is 0.160. The highest BCUT2D eigenvalue weighted by atomic mass is 16.3. The lowest BCUT2D eigenvalue weighted by Gasteiger charge is -2.47. The molecule has 0 aromatic heterocycles. The van der Waals surface area contributed by atoms with E-state index in [1.807, 2.05) is 0 Å². The first-order chi connectivity index (χ1) is 5.20. The van der Waals surface area contributed by atoms with Crippen LogP contribution in [-0.4, -0.2) is 30.3 Å². The fourth-order valence-corrected chi connectivity index (χ4v) is 1.89. The number of carbonyl (C=O) groups excluding carboxylic acids is 1. The average molecular weight is 156 g/mol. The van der Waals surface area contributed by atoms with E-state index >= 15 is 0 Å². The summed E-state index contributed by atoms with van der Waals surface area (Å²) >= 11 is 0. The van der Waals surface area contributed by atoms with Crippen molar-refractivity contribution in [3.63, 3.8) is 0 Å². The molecule has 0 aromatic rings. The molecule has 1 saturated carbocycles. The fourth-order valence-electron chi connectivity index (χ4n) is 1.89. The monoisotopic (exact) mass is 156 g/mol. The Hall–Kier alpha value is -0.770. The molecule has 2 rings (SSSR count). The molecule has 62 valence electrons. The van der Waals surface area contributed by atoms with Crippen LogP contribution in [0.3, 0.4) is 0 Å². The molecule has 11 heavy (non-hydrogen) atoms. The van der Waals surface area contributed by atoms with Gasteiger partial charge in [0.2, 0.25) is 0 Å². The summed E-state index contributed by atoms with van der Waals surface area (Å²) in [5.74, 6) is 0. The molecule has 0 radical (unpaired) electrons. The van der Waals surface area contributed by atoms with Crippen molar-refractivity contribution in [2.45, 2.75) is 18.9 Å². The van der Waals surface area contributed by atoms with Crippen LogP contribution in [0.5, 0.6) is 0 Å². The van der Waals surface area contributed by atoms with Gasteiger partial charge in [-0.15, -0.1) is 0 Å². The Morgan fingerprint density at radius 2 is 1.91 bits per heavy atom. The molecular weight excluding hydrogens is 144 g/mol. The van der Waals surface area contributed by atoms with Crippen molar-refractivity contribution in [2.75, 3.05) is 13.1 Å². The van der Waals surface area contributed by atoms with E-state index in [2.05, 4.69) is 10.6 Å². The van der Waals surface area contributed by atoms with Gasteiger partial charge < -0.3 is 15.7 Å². The maximum absolute atomic E-state index is 10.7. The van der Waals surface area contributed by atoms with Gasteiger partial charge in [-0.25, -0.2) is 4.79 Å². The molecule has 2 amide bonds. The smallest absolute Gasteiger partial charge is 0.314 e. The van der Waals surface area contributed by atoms with Crippen molar-refractivity contribution >= 4 is 6.03 Å². The predicted octanol–water partition coefficient (Wildman–Crippen LogP) is -0.560. The molecular formula is C7H12N2O2. The summed E-state index contributed by atoms with van der Waals surface area (Å²) in [5, 5.41) is 14.6. The van der Waals surface area contributed by atoms with E-state index in [-0.39, 0.29) is 17.6 Å². The van der Waals surface area contributed by atoms with Crippen LogP contribution < -0.4 is 10.6 Å². The zero-order valence-corrected chi connectivity index (χ0v) is 6.26. The number of aliphatic hydroxyl groups is 1. The van der Waals surface area contributed by atoms with E-state index in [9.17, 15) is 4.79 Å². The second-order valence-corrected chi connectivity index (χ2v) is 3.60. The first kappa shape index (κ1) is 6.91. The van der Waals surface area contributed by atoms with Gasteiger partial charge in [-0.2, -0.15) is 0 Å². The number of hydrogen-bond donors (Lipinski definition) is 3. The van der Waals surface area contributed by atoms with Crippen LogP contribution in [0, 0.1) is 5.41 Å². The first-order valence-electron chi connectivity index (χ1n) is 3.90. The largest absolute Gasteiger partial charge is 0.393 e. The highest BCUT2D eigenvalue weighted by molar-refractivity contribution is 5.74. The third kappa shape index (κ3) is 1.07. The molecule has 0 unspecified atom stereocenters. The number of aliphatic hydroxyl groups excluding tert-OH is 1. The van der Waals surface area contributed by atoms with Gasteiger partial charge in [0.05, 0.1) is 6.10 Å². The van der Waals surface area contributed by atoms with Crippen molar-refractivity contribution in [2.24, 2.45) is 5.41 Å². The summed E-state index contributed by atoms with van der Waals surface area (Å²) in [4.78, 5) is 10.7. The second-order valence-electron chi connectivity index (χ2n) is 3.60. The van der Waals surface area contributed by atoms with Crippen LogP contribution in [0.1, 0.15) is 12.8 Å². The lowest BCUT2D eigenvalue weighted by molar-refractivity contribution is -0.0325. The summed E-state index contributed by atoms with van der Waals surface area (Å²) in [6, 6.07) is -0.0861. The molecule has 2 fully saturated rings. The van der Waals surface area contributed by atoms with Gasteiger partial charge in [-0.05, 0) is 12.8 Å². The standard InChI is InChI=1S/C7H12N2O2/c10-5-1-7(2-5)3-8-6(11)9-4-7/h5,10H,1-4H2,(H2,8,9,11). The molecule has 0 atom stereocenters. The maximum Gasteiger partial charge on any atom is 0.314 e. The number of rotatable bonds is 0. The third-order valence-corrected chi connectivity index (χ3v) is 2.59. The highest BCUT2D eigenvalue weighted by Gasteiger charge is 2.45. The first-order valence-corrected chi connectivity index (χ1v) is 3.90. The van der Waals surface area contributed by atoms with Gasteiger partial charge in [-0.3, -0.25) is 0 Å². The maximum atomic E-state index is 10.7.